The van der Waals surface area contributed by atoms with Gasteiger partial charge in [0.1, 0.15) is 5.58 Å². The lowest BCUT2D eigenvalue weighted by molar-refractivity contribution is 0.557. The lowest BCUT2D eigenvalue weighted by atomic mass is 10.0. The van der Waals surface area contributed by atoms with Crippen LogP contribution in [0.5, 0.6) is 0 Å². The summed E-state index contributed by atoms with van der Waals surface area (Å²) in [5.41, 5.74) is 5.51. The predicted octanol–water partition coefficient (Wildman–Crippen LogP) is 6.46. The molecular weight excluding hydrogens is 358 g/mol. The summed E-state index contributed by atoms with van der Waals surface area (Å²) in [5, 5.41) is 1.02. The molecule has 2 aromatic carbocycles. The quantitative estimate of drug-likeness (QED) is 0.415. The molecule has 0 amide bonds. The van der Waals surface area contributed by atoms with Crippen LogP contribution in [0.25, 0.3) is 23.1 Å². The SMILES string of the molecule is CCCN(CCC)c1ccc2c(CC)c(/C=C/c3ccc(C)cc3)c(=O)oc2c1. The van der Waals surface area contributed by atoms with Crippen molar-refractivity contribution in [1.29, 1.82) is 0 Å². The van der Waals surface area contributed by atoms with Crippen LogP contribution in [-0.4, -0.2) is 13.1 Å². The first kappa shape index (κ1) is 20.9. The molecule has 0 radical (unpaired) electrons. The number of rotatable bonds is 8. The largest absolute Gasteiger partial charge is 0.422 e. The third-order valence-corrected chi connectivity index (χ3v) is 5.26. The second kappa shape index (κ2) is 9.60. The summed E-state index contributed by atoms with van der Waals surface area (Å²) in [6.07, 6.45) is 6.83. The maximum absolute atomic E-state index is 12.8. The van der Waals surface area contributed by atoms with Crippen LogP contribution in [0.15, 0.2) is 51.7 Å². The molecule has 3 heteroatoms. The molecule has 3 rings (SSSR count). The van der Waals surface area contributed by atoms with E-state index in [9.17, 15) is 4.79 Å². The van der Waals surface area contributed by atoms with Gasteiger partial charge in [0.15, 0.2) is 0 Å². The molecule has 1 heterocycles. The van der Waals surface area contributed by atoms with Crippen molar-refractivity contribution in [2.45, 2.75) is 47.0 Å². The number of hydrogen-bond donors (Lipinski definition) is 0. The fourth-order valence-electron chi connectivity index (χ4n) is 3.78. The lowest BCUT2D eigenvalue weighted by Crippen LogP contribution is -2.24. The van der Waals surface area contributed by atoms with Crippen molar-refractivity contribution < 1.29 is 4.42 Å². The van der Waals surface area contributed by atoms with Gasteiger partial charge < -0.3 is 9.32 Å². The minimum Gasteiger partial charge on any atom is -0.422 e. The highest BCUT2D eigenvalue weighted by Gasteiger charge is 2.13. The predicted molar refractivity (Wildman–Crippen MR) is 125 cm³/mol. The highest BCUT2D eigenvalue weighted by Crippen LogP contribution is 2.27. The highest BCUT2D eigenvalue weighted by molar-refractivity contribution is 5.87. The van der Waals surface area contributed by atoms with Crippen molar-refractivity contribution in [3.63, 3.8) is 0 Å². The summed E-state index contributed by atoms with van der Waals surface area (Å²) in [5.74, 6) is 0. The van der Waals surface area contributed by atoms with Crippen molar-refractivity contribution in [1.82, 2.24) is 0 Å². The molecule has 0 saturated heterocycles. The smallest absolute Gasteiger partial charge is 0.343 e. The van der Waals surface area contributed by atoms with Gasteiger partial charge in [-0.15, -0.1) is 0 Å². The normalized spacial score (nSPS) is 11.4. The van der Waals surface area contributed by atoms with Gasteiger partial charge in [0.2, 0.25) is 0 Å². The third kappa shape index (κ3) is 4.79. The van der Waals surface area contributed by atoms with Crippen molar-refractivity contribution >= 4 is 28.8 Å². The van der Waals surface area contributed by atoms with Gasteiger partial charge in [-0.3, -0.25) is 0 Å². The first-order valence-electron chi connectivity index (χ1n) is 10.7. The molecule has 0 aliphatic carbocycles. The minimum atomic E-state index is -0.271. The van der Waals surface area contributed by atoms with Crippen LogP contribution in [0.1, 0.15) is 55.9 Å². The molecule has 0 atom stereocenters. The van der Waals surface area contributed by atoms with E-state index in [2.05, 4.69) is 69.0 Å². The van der Waals surface area contributed by atoms with Crippen LogP contribution in [0.3, 0.4) is 0 Å². The van der Waals surface area contributed by atoms with Gasteiger partial charge in [-0.25, -0.2) is 4.79 Å². The monoisotopic (exact) mass is 389 g/mol. The Balaban J connectivity index is 2.04. The number of hydrogen-bond acceptors (Lipinski definition) is 3. The van der Waals surface area contributed by atoms with Crippen LogP contribution in [0.4, 0.5) is 5.69 Å². The maximum Gasteiger partial charge on any atom is 0.343 e. The molecule has 0 unspecified atom stereocenters. The van der Waals surface area contributed by atoms with Gasteiger partial charge in [0.05, 0.1) is 5.56 Å². The van der Waals surface area contributed by atoms with Crippen molar-refractivity contribution in [3.8, 4) is 0 Å². The number of nitrogens with zero attached hydrogens (tertiary/aromatic N) is 1. The van der Waals surface area contributed by atoms with Crippen LogP contribution >= 0.6 is 0 Å². The molecule has 0 fully saturated rings. The summed E-state index contributed by atoms with van der Waals surface area (Å²) in [6.45, 7) is 10.5. The van der Waals surface area contributed by atoms with E-state index in [1.54, 1.807) is 0 Å². The molecule has 1 aromatic heterocycles. The molecule has 3 nitrogen and oxygen atoms in total. The molecular formula is C26H31NO2. The Labute approximate surface area is 173 Å². The zero-order valence-electron chi connectivity index (χ0n) is 18.0. The van der Waals surface area contributed by atoms with Crippen molar-refractivity contribution in [2.24, 2.45) is 0 Å². The van der Waals surface area contributed by atoms with E-state index in [1.807, 2.05) is 18.2 Å². The van der Waals surface area contributed by atoms with Gasteiger partial charge in [-0.05, 0) is 55.5 Å². The van der Waals surface area contributed by atoms with E-state index in [-0.39, 0.29) is 5.63 Å². The Morgan fingerprint density at radius 1 is 0.931 bits per heavy atom. The van der Waals surface area contributed by atoms with Gasteiger partial charge in [0, 0.05) is 30.2 Å². The number of anilines is 1. The standard InChI is InChI=1S/C26H31NO2/c1-5-16-27(17-6-2)21-13-15-23-22(7-3)24(26(28)29-25(23)18-21)14-12-20-10-8-19(4)9-11-20/h8-15,18H,5-7,16-17H2,1-4H3/b14-12+. The minimum absolute atomic E-state index is 0.271. The number of benzene rings is 2. The fourth-order valence-corrected chi connectivity index (χ4v) is 3.78. The number of aryl methyl sites for hydroxylation is 2. The highest BCUT2D eigenvalue weighted by atomic mass is 16.4. The van der Waals surface area contributed by atoms with Crippen LogP contribution < -0.4 is 10.5 Å². The first-order chi connectivity index (χ1) is 14.1. The fraction of sp³-hybridized carbons (Fsp3) is 0.346. The zero-order chi connectivity index (χ0) is 20.8. The third-order valence-electron chi connectivity index (χ3n) is 5.26. The second-order valence-electron chi connectivity index (χ2n) is 7.55. The molecule has 0 aliphatic heterocycles. The van der Waals surface area contributed by atoms with Crippen molar-refractivity contribution in [3.05, 3.63) is 75.1 Å². The van der Waals surface area contributed by atoms with Gasteiger partial charge >= 0.3 is 5.63 Å². The summed E-state index contributed by atoms with van der Waals surface area (Å²) in [7, 11) is 0. The average molecular weight is 390 g/mol. The molecule has 152 valence electrons. The van der Waals surface area contributed by atoms with Crippen LogP contribution in [0, 0.1) is 6.92 Å². The van der Waals surface area contributed by atoms with Crippen LogP contribution in [-0.2, 0) is 6.42 Å². The van der Waals surface area contributed by atoms with Crippen LogP contribution in [0.2, 0.25) is 0 Å². The average Bonchev–Trinajstić information content (AvgIpc) is 2.72. The number of fused-ring (bicyclic) bond motifs is 1. The van der Waals surface area contributed by atoms with E-state index in [1.165, 1.54) is 5.56 Å². The van der Waals surface area contributed by atoms with E-state index in [0.29, 0.717) is 11.1 Å². The van der Waals surface area contributed by atoms with E-state index < -0.39 is 0 Å². The Kier molecular flexibility index (Phi) is 6.92. The van der Waals surface area contributed by atoms with Gasteiger partial charge in [0.25, 0.3) is 0 Å². The molecule has 3 aromatic rings. The Hall–Kier alpha value is -2.81. The maximum atomic E-state index is 12.8. The summed E-state index contributed by atoms with van der Waals surface area (Å²) in [6, 6.07) is 14.5. The topological polar surface area (TPSA) is 33.5 Å². The first-order valence-corrected chi connectivity index (χ1v) is 10.7. The summed E-state index contributed by atoms with van der Waals surface area (Å²) in [4.78, 5) is 15.1. The lowest BCUT2D eigenvalue weighted by Gasteiger charge is -2.24. The molecule has 0 N–H and O–H groups in total. The Morgan fingerprint density at radius 2 is 1.62 bits per heavy atom. The molecule has 0 aliphatic rings. The molecule has 0 spiro atoms. The summed E-state index contributed by atoms with van der Waals surface area (Å²) < 4.78 is 5.76. The molecule has 29 heavy (non-hydrogen) atoms. The molecule has 0 bridgehead atoms. The van der Waals surface area contributed by atoms with Gasteiger partial charge in [-0.2, -0.15) is 0 Å². The second-order valence-corrected chi connectivity index (χ2v) is 7.55. The Bertz CT molecular complexity index is 1040. The Morgan fingerprint density at radius 3 is 2.24 bits per heavy atom. The molecule has 0 saturated carbocycles. The zero-order valence-corrected chi connectivity index (χ0v) is 18.0. The van der Waals surface area contributed by atoms with Crippen molar-refractivity contribution in [2.75, 3.05) is 18.0 Å². The van der Waals surface area contributed by atoms with Gasteiger partial charge in [-0.1, -0.05) is 56.7 Å². The summed E-state index contributed by atoms with van der Waals surface area (Å²) >= 11 is 0. The van der Waals surface area contributed by atoms with E-state index in [4.69, 9.17) is 4.42 Å². The van der Waals surface area contributed by atoms with E-state index >= 15 is 0 Å². The van der Waals surface area contributed by atoms with E-state index in [0.717, 1.165) is 54.6 Å².